The molecule has 3 heteroatoms. The van der Waals surface area contributed by atoms with E-state index in [9.17, 15) is 0 Å². The van der Waals surface area contributed by atoms with Gasteiger partial charge in [0.2, 0.25) is 0 Å². The Labute approximate surface area is 106 Å². The largest absolute Gasteiger partial charge is 0.363 e. The van der Waals surface area contributed by atoms with E-state index in [-0.39, 0.29) is 0 Å². The summed E-state index contributed by atoms with van der Waals surface area (Å²) in [6.45, 7) is 11.4. The van der Waals surface area contributed by atoms with Crippen molar-refractivity contribution in [1.82, 2.24) is 10.2 Å². The molecule has 17 heavy (non-hydrogen) atoms. The van der Waals surface area contributed by atoms with Crippen LogP contribution in [-0.2, 0) is 4.74 Å². The molecule has 3 atom stereocenters. The van der Waals surface area contributed by atoms with Crippen LogP contribution < -0.4 is 5.32 Å². The molecule has 2 aliphatic rings. The molecule has 0 saturated carbocycles. The van der Waals surface area contributed by atoms with Gasteiger partial charge in [0.1, 0.15) is 6.23 Å². The average Bonchev–Trinajstić information content (AvgIpc) is 2.32. The molecule has 2 fully saturated rings. The van der Waals surface area contributed by atoms with Gasteiger partial charge in [-0.05, 0) is 51.5 Å². The van der Waals surface area contributed by atoms with Crippen molar-refractivity contribution in [2.24, 2.45) is 11.8 Å². The smallest absolute Gasteiger partial charge is 0.108 e. The van der Waals surface area contributed by atoms with E-state index in [1.807, 2.05) is 0 Å². The first-order chi connectivity index (χ1) is 8.15. The highest BCUT2D eigenvalue weighted by Gasteiger charge is 2.26. The molecular weight excluding hydrogens is 212 g/mol. The zero-order valence-electron chi connectivity index (χ0n) is 11.6. The van der Waals surface area contributed by atoms with E-state index in [4.69, 9.17) is 4.74 Å². The van der Waals surface area contributed by atoms with Crippen molar-refractivity contribution in [3.8, 4) is 0 Å². The van der Waals surface area contributed by atoms with Crippen molar-refractivity contribution in [3.05, 3.63) is 0 Å². The van der Waals surface area contributed by atoms with E-state index in [2.05, 4.69) is 31.0 Å². The van der Waals surface area contributed by atoms with Gasteiger partial charge in [0.05, 0.1) is 6.61 Å². The number of nitrogens with one attached hydrogen (secondary N) is 1. The minimum absolute atomic E-state index is 0.309. The van der Waals surface area contributed by atoms with Crippen molar-refractivity contribution < 1.29 is 4.74 Å². The summed E-state index contributed by atoms with van der Waals surface area (Å²) in [5, 5.41) is 3.52. The molecule has 2 heterocycles. The molecule has 0 aromatic rings. The molecule has 0 aromatic carbocycles. The van der Waals surface area contributed by atoms with Crippen LogP contribution in [0.15, 0.2) is 0 Å². The molecule has 0 aliphatic carbocycles. The SMILES string of the molecule is CC1CNC(CC2CCCN(C(C)C)C2)OC1. The maximum Gasteiger partial charge on any atom is 0.108 e. The Morgan fingerprint density at radius 2 is 2.24 bits per heavy atom. The number of nitrogens with zero attached hydrogens (tertiary/aromatic N) is 1. The molecule has 2 rings (SSSR count). The summed E-state index contributed by atoms with van der Waals surface area (Å²) in [7, 11) is 0. The summed E-state index contributed by atoms with van der Waals surface area (Å²) < 4.78 is 5.86. The Balaban J connectivity index is 1.75. The highest BCUT2D eigenvalue weighted by Crippen LogP contribution is 2.23. The topological polar surface area (TPSA) is 24.5 Å². The molecule has 0 amide bonds. The van der Waals surface area contributed by atoms with Gasteiger partial charge in [-0.25, -0.2) is 0 Å². The maximum atomic E-state index is 5.86. The first-order valence-corrected chi connectivity index (χ1v) is 7.24. The first kappa shape index (κ1) is 13.3. The Kier molecular flexibility index (Phi) is 4.83. The molecule has 1 N–H and O–H groups in total. The molecule has 0 aromatic heterocycles. The summed E-state index contributed by atoms with van der Waals surface area (Å²) in [6.07, 6.45) is 4.23. The summed E-state index contributed by atoms with van der Waals surface area (Å²) in [5.41, 5.74) is 0. The number of ether oxygens (including phenoxy) is 1. The summed E-state index contributed by atoms with van der Waals surface area (Å²) in [6, 6.07) is 0.693. The zero-order valence-corrected chi connectivity index (χ0v) is 11.6. The van der Waals surface area contributed by atoms with Crippen LogP contribution in [0.25, 0.3) is 0 Å². The highest BCUT2D eigenvalue weighted by molar-refractivity contribution is 4.78. The van der Waals surface area contributed by atoms with Crippen LogP contribution in [0.5, 0.6) is 0 Å². The molecule has 0 bridgehead atoms. The minimum Gasteiger partial charge on any atom is -0.363 e. The molecule has 0 spiro atoms. The monoisotopic (exact) mass is 240 g/mol. The first-order valence-electron chi connectivity index (χ1n) is 7.24. The second kappa shape index (κ2) is 6.17. The van der Waals surface area contributed by atoms with E-state index in [0.29, 0.717) is 18.2 Å². The number of piperidine rings is 1. The normalized spacial score (nSPS) is 36.4. The van der Waals surface area contributed by atoms with Crippen LogP contribution in [0.4, 0.5) is 0 Å². The lowest BCUT2D eigenvalue weighted by Crippen LogP contribution is -2.46. The molecule has 100 valence electrons. The second-order valence-corrected chi connectivity index (χ2v) is 6.17. The van der Waals surface area contributed by atoms with Crippen LogP contribution >= 0.6 is 0 Å². The van der Waals surface area contributed by atoms with Crippen LogP contribution in [0.1, 0.15) is 40.0 Å². The lowest BCUT2D eigenvalue weighted by molar-refractivity contribution is -0.0423. The van der Waals surface area contributed by atoms with E-state index in [1.54, 1.807) is 0 Å². The third-order valence-electron chi connectivity index (χ3n) is 4.10. The molecule has 0 radical (unpaired) electrons. The third-order valence-corrected chi connectivity index (χ3v) is 4.10. The van der Waals surface area contributed by atoms with E-state index >= 15 is 0 Å². The molecule has 2 aliphatic heterocycles. The Hall–Kier alpha value is -0.120. The zero-order chi connectivity index (χ0) is 12.3. The quantitative estimate of drug-likeness (QED) is 0.817. The van der Waals surface area contributed by atoms with E-state index in [0.717, 1.165) is 19.1 Å². The predicted molar refractivity (Wildman–Crippen MR) is 71.0 cm³/mol. The van der Waals surface area contributed by atoms with Crippen molar-refractivity contribution in [2.45, 2.75) is 52.3 Å². The van der Waals surface area contributed by atoms with Gasteiger partial charge in [-0.2, -0.15) is 0 Å². The summed E-state index contributed by atoms with van der Waals surface area (Å²) in [4.78, 5) is 2.61. The van der Waals surface area contributed by atoms with Gasteiger partial charge in [0.15, 0.2) is 0 Å². The van der Waals surface area contributed by atoms with Crippen LogP contribution in [0, 0.1) is 11.8 Å². The fraction of sp³-hybridized carbons (Fsp3) is 1.00. The van der Waals surface area contributed by atoms with Crippen LogP contribution in [0.3, 0.4) is 0 Å². The Bertz CT molecular complexity index is 224. The Morgan fingerprint density at radius 1 is 1.41 bits per heavy atom. The maximum absolute atomic E-state index is 5.86. The van der Waals surface area contributed by atoms with Crippen molar-refractivity contribution >= 4 is 0 Å². The third kappa shape index (κ3) is 3.94. The van der Waals surface area contributed by atoms with Gasteiger partial charge < -0.3 is 9.64 Å². The van der Waals surface area contributed by atoms with E-state index in [1.165, 1.54) is 32.4 Å². The van der Waals surface area contributed by atoms with Crippen molar-refractivity contribution in [1.29, 1.82) is 0 Å². The molecular formula is C14H28N2O. The fourth-order valence-corrected chi connectivity index (χ4v) is 2.94. The van der Waals surface area contributed by atoms with Gasteiger partial charge in [-0.1, -0.05) is 6.92 Å². The summed E-state index contributed by atoms with van der Waals surface area (Å²) in [5.74, 6) is 1.49. The molecule has 2 saturated heterocycles. The van der Waals surface area contributed by atoms with Gasteiger partial charge in [-0.3, -0.25) is 5.32 Å². The fourth-order valence-electron chi connectivity index (χ4n) is 2.94. The number of hydrogen-bond acceptors (Lipinski definition) is 3. The average molecular weight is 240 g/mol. The highest BCUT2D eigenvalue weighted by atomic mass is 16.5. The van der Waals surface area contributed by atoms with Gasteiger partial charge in [-0.15, -0.1) is 0 Å². The van der Waals surface area contributed by atoms with Gasteiger partial charge >= 0.3 is 0 Å². The lowest BCUT2D eigenvalue weighted by Gasteiger charge is -2.38. The number of hydrogen-bond donors (Lipinski definition) is 1. The summed E-state index contributed by atoms with van der Waals surface area (Å²) >= 11 is 0. The van der Waals surface area contributed by atoms with Crippen molar-refractivity contribution in [2.75, 3.05) is 26.2 Å². The second-order valence-electron chi connectivity index (χ2n) is 6.17. The predicted octanol–water partition coefficient (Wildman–Crippen LogP) is 2.08. The van der Waals surface area contributed by atoms with Crippen LogP contribution in [-0.4, -0.2) is 43.4 Å². The number of likely N-dealkylation sites (tertiary alicyclic amines) is 1. The minimum atomic E-state index is 0.309. The van der Waals surface area contributed by atoms with Gasteiger partial charge in [0, 0.05) is 19.1 Å². The van der Waals surface area contributed by atoms with Crippen molar-refractivity contribution in [3.63, 3.8) is 0 Å². The molecule has 3 unspecified atom stereocenters. The lowest BCUT2D eigenvalue weighted by atomic mass is 9.93. The Morgan fingerprint density at radius 3 is 2.88 bits per heavy atom. The molecule has 3 nitrogen and oxygen atoms in total. The standard InChI is InChI=1S/C14H28N2O/c1-11(2)16-6-4-5-13(9-16)7-14-15-8-12(3)10-17-14/h11-15H,4-10H2,1-3H3. The number of rotatable bonds is 3. The van der Waals surface area contributed by atoms with E-state index < -0.39 is 0 Å². The van der Waals surface area contributed by atoms with Crippen LogP contribution in [0.2, 0.25) is 0 Å². The van der Waals surface area contributed by atoms with Gasteiger partial charge in [0.25, 0.3) is 0 Å².